The third-order valence-electron chi connectivity index (χ3n) is 3.06. The summed E-state index contributed by atoms with van der Waals surface area (Å²) in [6, 6.07) is 7.34. The number of carbonyl (C=O) groups is 1. The van der Waals surface area contributed by atoms with Crippen LogP contribution in [0.1, 0.15) is 24.5 Å². The number of nitrogens with one attached hydrogen (secondary N) is 1. The smallest absolute Gasteiger partial charge is 0.242 e. The van der Waals surface area contributed by atoms with Gasteiger partial charge in [-0.2, -0.15) is 5.26 Å². The standard InChI is InChI=1S/C14H18N2O3S/c1-10-5-6-11(2)13(9-10)16-14(17)12(3)20(18,19)8-4-7-15/h5-6,9,12H,4,8H2,1-3H3,(H,16,17). The molecule has 20 heavy (non-hydrogen) atoms. The van der Waals surface area contributed by atoms with Crippen LogP contribution in [-0.4, -0.2) is 25.3 Å². The van der Waals surface area contributed by atoms with Gasteiger partial charge in [-0.1, -0.05) is 12.1 Å². The molecule has 0 radical (unpaired) electrons. The van der Waals surface area contributed by atoms with E-state index in [0.717, 1.165) is 11.1 Å². The second-order valence-corrected chi connectivity index (χ2v) is 7.17. The monoisotopic (exact) mass is 294 g/mol. The Bertz CT molecular complexity index is 645. The van der Waals surface area contributed by atoms with Crippen LogP contribution in [0.4, 0.5) is 5.69 Å². The molecule has 0 saturated carbocycles. The van der Waals surface area contributed by atoms with Gasteiger partial charge >= 0.3 is 0 Å². The first-order chi connectivity index (χ1) is 9.27. The number of anilines is 1. The lowest BCUT2D eigenvalue weighted by Gasteiger charge is -2.14. The molecule has 0 aromatic heterocycles. The number of nitriles is 1. The molecule has 0 aliphatic heterocycles. The van der Waals surface area contributed by atoms with Crippen LogP contribution in [0, 0.1) is 25.2 Å². The highest BCUT2D eigenvalue weighted by molar-refractivity contribution is 7.92. The van der Waals surface area contributed by atoms with E-state index in [2.05, 4.69) is 5.32 Å². The third kappa shape index (κ3) is 4.07. The normalized spacial score (nSPS) is 12.5. The first-order valence-electron chi connectivity index (χ1n) is 6.24. The Hall–Kier alpha value is -1.87. The van der Waals surface area contributed by atoms with Crippen LogP contribution in [0.3, 0.4) is 0 Å². The summed E-state index contributed by atoms with van der Waals surface area (Å²) in [7, 11) is -3.60. The van der Waals surface area contributed by atoms with Crippen molar-refractivity contribution in [2.75, 3.05) is 11.1 Å². The number of carbonyl (C=O) groups excluding carboxylic acids is 1. The van der Waals surface area contributed by atoms with Crippen LogP contribution in [-0.2, 0) is 14.6 Å². The largest absolute Gasteiger partial charge is 0.325 e. The fourth-order valence-corrected chi connectivity index (χ4v) is 2.75. The molecule has 1 unspecified atom stereocenters. The number of sulfone groups is 1. The van der Waals surface area contributed by atoms with Crippen LogP contribution in [0.25, 0.3) is 0 Å². The van der Waals surface area contributed by atoms with Crippen molar-refractivity contribution in [2.45, 2.75) is 32.4 Å². The van der Waals surface area contributed by atoms with Gasteiger partial charge in [0.25, 0.3) is 0 Å². The molecule has 0 bridgehead atoms. The maximum atomic E-state index is 12.0. The van der Waals surface area contributed by atoms with Gasteiger partial charge in [0.15, 0.2) is 9.84 Å². The van der Waals surface area contributed by atoms with Crippen molar-refractivity contribution in [1.29, 1.82) is 5.26 Å². The molecule has 1 aromatic rings. The summed E-state index contributed by atoms with van der Waals surface area (Å²) in [5.74, 6) is -0.873. The number of amides is 1. The van der Waals surface area contributed by atoms with Gasteiger partial charge in [-0.15, -0.1) is 0 Å². The number of hydrogen-bond donors (Lipinski definition) is 1. The lowest BCUT2D eigenvalue weighted by Crippen LogP contribution is -2.34. The van der Waals surface area contributed by atoms with E-state index in [1.807, 2.05) is 26.0 Å². The predicted molar refractivity (Wildman–Crippen MR) is 78.0 cm³/mol. The molecular formula is C14H18N2O3S. The van der Waals surface area contributed by atoms with Gasteiger partial charge in [0.2, 0.25) is 5.91 Å². The van der Waals surface area contributed by atoms with Crippen LogP contribution >= 0.6 is 0 Å². The lowest BCUT2D eigenvalue weighted by atomic mass is 10.1. The van der Waals surface area contributed by atoms with Crippen molar-refractivity contribution in [3.05, 3.63) is 29.3 Å². The molecule has 5 nitrogen and oxygen atoms in total. The summed E-state index contributed by atoms with van der Waals surface area (Å²) in [6.07, 6.45) is -0.108. The number of nitrogens with zero attached hydrogens (tertiary/aromatic N) is 1. The third-order valence-corrected chi connectivity index (χ3v) is 5.12. The molecule has 1 rings (SSSR count). The summed E-state index contributed by atoms with van der Waals surface area (Å²) in [4.78, 5) is 12.0. The van der Waals surface area contributed by atoms with Crippen molar-refractivity contribution in [3.63, 3.8) is 0 Å². The number of benzene rings is 1. The number of rotatable bonds is 5. The summed E-state index contributed by atoms with van der Waals surface area (Å²) in [5.41, 5.74) is 2.45. The lowest BCUT2D eigenvalue weighted by molar-refractivity contribution is -0.115. The van der Waals surface area contributed by atoms with Crippen LogP contribution in [0.5, 0.6) is 0 Å². The fourth-order valence-electron chi connectivity index (χ4n) is 1.63. The Morgan fingerprint density at radius 1 is 1.40 bits per heavy atom. The van der Waals surface area contributed by atoms with E-state index in [-0.39, 0.29) is 12.2 Å². The van der Waals surface area contributed by atoms with Crippen LogP contribution < -0.4 is 5.32 Å². The Labute approximate surface area is 119 Å². The van der Waals surface area contributed by atoms with Gasteiger partial charge in [-0.05, 0) is 38.0 Å². The minimum absolute atomic E-state index is 0.108. The first kappa shape index (κ1) is 16.2. The second-order valence-electron chi connectivity index (χ2n) is 4.72. The SMILES string of the molecule is Cc1ccc(C)c(NC(=O)C(C)S(=O)(=O)CCC#N)c1. The highest BCUT2D eigenvalue weighted by atomic mass is 32.2. The molecule has 0 spiro atoms. The molecule has 0 heterocycles. The van der Waals surface area contributed by atoms with Gasteiger partial charge in [-0.3, -0.25) is 4.79 Å². The van der Waals surface area contributed by atoms with Crippen molar-refractivity contribution in [2.24, 2.45) is 0 Å². The Balaban J connectivity index is 2.86. The average Bonchev–Trinajstić information content (AvgIpc) is 2.39. The van der Waals surface area contributed by atoms with Gasteiger partial charge < -0.3 is 5.32 Å². The van der Waals surface area contributed by atoms with E-state index >= 15 is 0 Å². The molecule has 1 N–H and O–H groups in total. The minimum atomic E-state index is -3.60. The van der Waals surface area contributed by atoms with Crippen LogP contribution in [0.15, 0.2) is 18.2 Å². The minimum Gasteiger partial charge on any atom is -0.325 e. The molecule has 1 atom stereocenters. The van der Waals surface area contributed by atoms with Crippen molar-refractivity contribution in [3.8, 4) is 6.07 Å². The molecule has 0 aliphatic rings. The maximum absolute atomic E-state index is 12.0. The summed E-state index contributed by atoms with van der Waals surface area (Å²) >= 11 is 0. The van der Waals surface area contributed by atoms with Crippen molar-refractivity contribution >= 4 is 21.4 Å². The molecule has 0 fully saturated rings. The zero-order valence-electron chi connectivity index (χ0n) is 11.8. The first-order valence-corrected chi connectivity index (χ1v) is 7.96. The van der Waals surface area contributed by atoms with Crippen molar-refractivity contribution < 1.29 is 13.2 Å². The van der Waals surface area contributed by atoms with Gasteiger partial charge in [0, 0.05) is 12.1 Å². The summed E-state index contributed by atoms with van der Waals surface area (Å²) < 4.78 is 23.7. The summed E-state index contributed by atoms with van der Waals surface area (Å²) in [5, 5.41) is 9.90. The quantitative estimate of drug-likeness (QED) is 0.899. The zero-order chi connectivity index (χ0) is 15.3. The Morgan fingerprint density at radius 2 is 2.05 bits per heavy atom. The molecule has 6 heteroatoms. The van der Waals surface area contributed by atoms with Crippen LogP contribution in [0.2, 0.25) is 0 Å². The Morgan fingerprint density at radius 3 is 2.65 bits per heavy atom. The molecule has 0 saturated heterocycles. The average molecular weight is 294 g/mol. The van der Waals surface area contributed by atoms with E-state index in [1.165, 1.54) is 6.92 Å². The van der Waals surface area contributed by atoms with Crippen molar-refractivity contribution in [1.82, 2.24) is 0 Å². The van der Waals surface area contributed by atoms with Gasteiger partial charge in [0.05, 0.1) is 11.8 Å². The van der Waals surface area contributed by atoms with E-state index in [1.54, 1.807) is 12.1 Å². The van der Waals surface area contributed by atoms with E-state index < -0.39 is 21.0 Å². The molecule has 108 valence electrons. The molecule has 1 amide bonds. The van der Waals surface area contributed by atoms with Gasteiger partial charge in [-0.25, -0.2) is 8.42 Å². The highest BCUT2D eigenvalue weighted by Crippen LogP contribution is 2.17. The molecule has 0 aliphatic carbocycles. The Kier molecular flexibility index (Phi) is 5.28. The molecule has 1 aromatic carbocycles. The topological polar surface area (TPSA) is 87.0 Å². The van der Waals surface area contributed by atoms with E-state index in [4.69, 9.17) is 5.26 Å². The number of hydrogen-bond acceptors (Lipinski definition) is 4. The highest BCUT2D eigenvalue weighted by Gasteiger charge is 2.27. The fraction of sp³-hybridized carbons (Fsp3) is 0.429. The second kappa shape index (κ2) is 6.53. The maximum Gasteiger partial charge on any atom is 0.242 e. The predicted octanol–water partition coefficient (Wildman–Crippen LogP) is 1.96. The van der Waals surface area contributed by atoms with E-state index in [9.17, 15) is 13.2 Å². The number of aryl methyl sites for hydroxylation is 2. The van der Waals surface area contributed by atoms with E-state index in [0.29, 0.717) is 5.69 Å². The molecular weight excluding hydrogens is 276 g/mol. The zero-order valence-corrected chi connectivity index (χ0v) is 12.6. The summed E-state index contributed by atoms with van der Waals surface area (Å²) in [6.45, 7) is 5.07. The van der Waals surface area contributed by atoms with Gasteiger partial charge in [0.1, 0.15) is 5.25 Å².